The minimum absolute atomic E-state index is 0.0244. The lowest BCUT2D eigenvalue weighted by atomic mass is 10.0. The van der Waals surface area contributed by atoms with E-state index in [1.807, 2.05) is 0 Å². The molecule has 0 saturated carbocycles. The Morgan fingerprint density at radius 3 is 0.693 bits per heavy atom. The topological polar surface area (TPSA) is 95.9 Å². The van der Waals surface area contributed by atoms with Gasteiger partial charge in [0, 0.05) is 12.8 Å². The molecule has 2 atom stereocenters. The molecule has 1 amide bonds. The number of hydrogen-bond acceptors (Lipinski definition) is 5. The molecule has 0 aromatic heterocycles. The van der Waals surface area contributed by atoms with Gasteiger partial charge in [0.25, 0.3) is 0 Å². The van der Waals surface area contributed by atoms with Crippen molar-refractivity contribution in [2.24, 2.45) is 0 Å². The number of rotatable bonds is 79. The molecule has 6 nitrogen and oxygen atoms in total. The monoisotopic (exact) mass is 1240 g/mol. The molecule has 0 aromatic rings. The highest BCUT2D eigenvalue weighted by Crippen LogP contribution is 2.21. The summed E-state index contributed by atoms with van der Waals surface area (Å²) < 4.78 is 5.52. The molecule has 0 aliphatic rings. The van der Waals surface area contributed by atoms with Crippen LogP contribution in [0, 0.1) is 0 Å². The van der Waals surface area contributed by atoms with E-state index in [1.54, 1.807) is 0 Å². The third-order valence-corrected chi connectivity index (χ3v) is 19.9. The van der Waals surface area contributed by atoms with Gasteiger partial charge in [0.05, 0.1) is 25.4 Å². The zero-order chi connectivity index (χ0) is 63.5. The standard InChI is InChI=1S/C82H163NO5/c1-3-5-7-9-11-13-15-17-19-21-23-24-33-36-39-42-46-50-54-58-62-66-70-74-80(85)79(78-84)83-81(86)75-71-67-63-59-55-51-47-43-40-37-34-31-29-27-25-26-28-30-32-35-38-41-45-49-53-57-61-65-69-73-77-88-82(87)76-72-68-64-60-56-52-48-44-22-20-18-16-14-12-10-8-6-4-2/h79-80,84-85H,3-78H2,1-2H3,(H,83,86). The van der Waals surface area contributed by atoms with Gasteiger partial charge in [-0.3, -0.25) is 9.59 Å². The fourth-order valence-electron chi connectivity index (χ4n) is 13.6. The van der Waals surface area contributed by atoms with Crippen LogP contribution >= 0.6 is 0 Å². The Morgan fingerprint density at radius 1 is 0.273 bits per heavy atom. The summed E-state index contributed by atoms with van der Waals surface area (Å²) in [5.41, 5.74) is 0. The number of aliphatic hydroxyl groups excluding tert-OH is 2. The van der Waals surface area contributed by atoms with Crippen molar-refractivity contribution in [1.29, 1.82) is 0 Å². The first kappa shape index (κ1) is 86.9. The molecule has 0 aliphatic carbocycles. The Morgan fingerprint density at radius 2 is 0.466 bits per heavy atom. The Kier molecular flexibility index (Phi) is 77.3. The van der Waals surface area contributed by atoms with Crippen molar-refractivity contribution in [3.8, 4) is 0 Å². The lowest BCUT2D eigenvalue weighted by Crippen LogP contribution is -2.45. The number of nitrogens with one attached hydrogen (secondary N) is 1. The molecule has 0 rings (SSSR count). The van der Waals surface area contributed by atoms with E-state index in [1.165, 1.54) is 417 Å². The smallest absolute Gasteiger partial charge is 0.305 e. The lowest BCUT2D eigenvalue weighted by Gasteiger charge is -2.22. The normalized spacial score (nSPS) is 12.4. The first-order valence-electron chi connectivity index (χ1n) is 41.3. The fraction of sp³-hybridized carbons (Fsp3) is 0.976. The van der Waals surface area contributed by atoms with Gasteiger partial charge in [-0.15, -0.1) is 0 Å². The molecule has 88 heavy (non-hydrogen) atoms. The number of amides is 1. The van der Waals surface area contributed by atoms with E-state index < -0.39 is 12.1 Å². The van der Waals surface area contributed by atoms with Gasteiger partial charge in [0.2, 0.25) is 5.91 Å². The highest BCUT2D eigenvalue weighted by atomic mass is 16.5. The summed E-state index contributed by atoms with van der Waals surface area (Å²) in [6.45, 7) is 5.03. The van der Waals surface area contributed by atoms with Crippen molar-refractivity contribution in [2.45, 2.75) is 501 Å². The lowest BCUT2D eigenvalue weighted by molar-refractivity contribution is -0.143. The largest absolute Gasteiger partial charge is 0.466 e. The molecule has 2 unspecified atom stereocenters. The second-order valence-electron chi connectivity index (χ2n) is 28.8. The van der Waals surface area contributed by atoms with Crippen molar-refractivity contribution in [3.63, 3.8) is 0 Å². The van der Waals surface area contributed by atoms with Crippen LogP contribution in [0.15, 0.2) is 0 Å². The molecule has 0 bridgehead atoms. The number of esters is 1. The number of carbonyl (C=O) groups excluding carboxylic acids is 2. The van der Waals surface area contributed by atoms with Crippen LogP contribution in [-0.4, -0.2) is 47.4 Å². The van der Waals surface area contributed by atoms with Crippen molar-refractivity contribution < 1.29 is 24.5 Å². The van der Waals surface area contributed by atoms with E-state index in [4.69, 9.17) is 4.74 Å². The van der Waals surface area contributed by atoms with Gasteiger partial charge in [0.15, 0.2) is 0 Å². The van der Waals surface area contributed by atoms with Crippen LogP contribution in [0.5, 0.6) is 0 Å². The SMILES string of the molecule is CCCCCCCCCCCCCCCCCCCCCCCCCC(O)C(CO)NC(=O)CCCCCCCCCCCCCCCCCCCCCCCCCCCCCCCCOC(=O)CCCCCCCCCCCCCCCCCCCC. The second-order valence-corrected chi connectivity index (χ2v) is 28.8. The third-order valence-electron chi connectivity index (χ3n) is 19.9. The van der Waals surface area contributed by atoms with Crippen LogP contribution in [0.2, 0.25) is 0 Å². The van der Waals surface area contributed by atoms with E-state index in [9.17, 15) is 19.8 Å². The molecular weight excluding hydrogens is 1080 g/mol. The van der Waals surface area contributed by atoms with Crippen molar-refractivity contribution in [2.75, 3.05) is 13.2 Å². The van der Waals surface area contributed by atoms with Crippen molar-refractivity contribution in [1.82, 2.24) is 5.32 Å². The Bertz CT molecular complexity index is 1290. The summed E-state index contributed by atoms with van der Waals surface area (Å²) in [6.07, 6.45) is 97.8. The predicted octanol–water partition coefficient (Wildman–Crippen LogP) is 27.3. The Labute approximate surface area is 553 Å². The maximum absolute atomic E-state index is 12.6. The minimum atomic E-state index is -0.662. The van der Waals surface area contributed by atoms with Crippen molar-refractivity contribution in [3.05, 3.63) is 0 Å². The maximum Gasteiger partial charge on any atom is 0.305 e. The van der Waals surface area contributed by atoms with Crippen LogP contribution < -0.4 is 5.32 Å². The molecule has 0 fully saturated rings. The molecule has 526 valence electrons. The van der Waals surface area contributed by atoms with E-state index in [0.717, 1.165) is 38.5 Å². The predicted molar refractivity (Wildman–Crippen MR) is 389 cm³/mol. The minimum Gasteiger partial charge on any atom is -0.466 e. The first-order valence-corrected chi connectivity index (χ1v) is 41.3. The van der Waals surface area contributed by atoms with Crippen LogP contribution in [0.4, 0.5) is 0 Å². The second kappa shape index (κ2) is 78.3. The van der Waals surface area contributed by atoms with Gasteiger partial charge in [-0.1, -0.05) is 450 Å². The number of aliphatic hydroxyl groups is 2. The summed E-state index contributed by atoms with van der Waals surface area (Å²) in [6, 6.07) is -0.539. The van der Waals surface area contributed by atoms with Gasteiger partial charge in [-0.25, -0.2) is 0 Å². The molecule has 0 radical (unpaired) electrons. The number of ether oxygens (including phenoxy) is 1. The molecule has 0 spiro atoms. The van der Waals surface area contributed by atoms with Gasteiger partial charge < -0.3 is 20.3 Å². The zero-order valence-corrected chi connectivity index (χ0v) is 60.5. The van der Waals surface area contributed by atoms with E-state index in [-0.39, 0.29) is 18.5 Å². The molecule has 0 aromatic carbocycles. The molecule has 3 N–H and O–H groups in total. The summed E-state index contributed by atoms with van der Waals surface area (Å²) >= 11 is 0. The van der Waals surface area contributed by atoms with Gasteiger partial charge in [0.1, 0.15) is 0 Å². The highest BCUT2D eigenvalue weighted by Gasteiger charge is 2.20. The van der Waals surface area contributed by atoms with E-state index >= 15 is 0 Å². The van der Waals surface area contributed by atoms with Gasteiger partial charge >= 0.3 is 5.97 Å². The molecule has 6 heteroatoms. The molecular formula is C82H163NO5. The van der Waals surface area contributed by atoms with Crippen LogP contribution in [-0.2, 0) is 14.3 Å². The number of unbranched alkanes of at least 4 members (excludes halogenated alkanes) is 68. The summed E-state index contributed by atoms with van der Waals surface area (Å²) in [5, 5.41) is 23.5. The zero-order valence-electron chi connectivity index (χ0n) is 60.5. The summed E-state index contributed by atoms with van der Waals surface area (Å²) in [4.78, 5) is 24.7. The summed E-state index contributed by atoms with van der Waals surface area (Å²) in [7, 11) is 0. The quantitative estimate of drug-likeness (QED) is 0.0417. The van der Waals surface area contributed by atoms with E-state index in [2.05, 4.69) is 19.2 Å². The third kappa shape index (κ3) is 73.9. The highest BCUT2D eigenvalue weighted by molar-refractivity contribution is 5.76. The summed E-state index contributed by atoms with van der Waals surface area (Å²) in [5.74, 6) is 0.00191. The van der Waals surface area contributed by atoms with Gasteiger partial charge in [-0.05, 0) is 25.7 Å². The Balaban J connectivity index is 3.32. The molecule has 0 heterocycles. The fourth-order valence-corrected chi connectivity index (χ4v) is 13.6. The van der Waals surface area contributed by atoms with E-state index in [0.29, 0.717) is 25.9 Å². The van der Waals surface area contributed by atoms with Crippen LogP contribution in [0.3, 0.4) is 0 Å². The number of hydrogen-bond donors (Lipinski definition) is 3. The average molecular weight is 1240 g/mol. The van der Waals surface area contributed by atoms with Gasteiger partial charge in [-0.2, -0.15) is 0 Å². The first-order chi connectivity index (χ1) is 43.5. The van der Waals surface area contributed by atoms with Crippen LogP contribution in [0.1, 0.15) is 489 Å². The number of carbonyl (C=O) groups is 2. The van der Waals surface area contributed by atoms with Crippen LogP contribution in [0.25, 0.3) is 0 Å². The Hall–Kier alpha value is -1.14. The molecule has 0 aliphatic heterocycles. The van der Waals surface area contributed by atoms with Crippen molar-refractivity contribution >= 4 is 11.9 Å². The average Bonchev–Trinajstić information content (AvgIpc) is 3.58. The molecule has 0 saturated heterocycles. The maximum atomic E-state index is 12.6.